The zero-order chi connectivity index (χ0) is 27.1. The lowest BCUT2D eigenvalue weighted by atomic mass is 10.0. The van der Waals surface area contributed by atoms with Gasteiger partial charge in [0.25, 0.3) is 0 Å². The van der Waals surface area contributed by atoms with Crippen LogP contribution in [0.2, 0.25) is 0 Å². The number of ketones is 1. The number of likely N-dealkylation sites (tertiary alicyclic amines) is 1. The molecular formula is C32H29N5O2S. The summed E-state index contributed by atoms with van der Waals surface area (Å²) in [6.07, 6.45) is 6.22. The highest BCUT2D eigenvalue weighted by molar-refractivity contribution is 7.17. The van der Waals surface area contributed by atoms with Gasteiger partial charge in [-0.2, -0.15) is 5.10 Å². The first-order valence-corrected chi connectivity index (χ1v) is 14.5. The lowest BCUT2D eigenvalue weighted by Crippen LogP contribution is -2.25. The van der Waals surface area contributed by atoms with E-state index in [-0.39, 0.29) is 5.78 Å². The van der Waals surface area contributed by atoms with Gasteiger partial charge in [-0.15, -0.1) is 11.3 Å². The normalized spacial score (nSPS) is 13.9. The molecule has 0 bridgehead atoms. The molecule has 0 atom stereocenters. The molecule has 2 N–H and O–H groups in total. The Hall–Kier alpha value is -4.27. The zero-order valence-electron chi connectivity index (χ0n) is 22.2. The number of ether oxygens (including phenoxy) is 1. The Morgan fingerprint density at radius 1 is 0.975 bits per heavy atom. The van der Waals surface area contributed by atoms with Gasteiger partial charge < -0.3 is 9.72 Å². The van der Waals surface area contributed by atoms with Crippen molar-refractivity contribution in [2.45, 2.75) is 19.8 Å². The van der Waals surface area contributed by atoms with E-state index in [2.05, 4.69) is 67.5 Å². The number of carbonyl (C=O) groups is 1. The summed E-state index contributed by atoms with van der Waals surface area (Å²) in [5.74, 6) is 0.875. The fourth-order valence-electron chi connectivity index (χ4n) is 5.52. The molecule has 8 heteroatoms. The highest BCUT2D eigenvalue weighted by Gasteiger charge is 2.16. The van der Waals surface area contributed by atoms with Gasteiger partial charge in [0.1, 0.15) is 18.1 Å². The van der Waals surface area contributed by atoms with Crippen LogP contribution >= 0.6 is 11.3 Å². The molecule has 1 saturated heterocycles. The van der Waals surface area contributed by atoms with Crippen LogP contribution in [-0.2, 0) is 0 Å². The maximum absolute atomic E-state index is 11.9. The van der Waals surface area contributed by atoms with Crippen molar-refractivity contribution >= 4 is 38.9 Å². The first kappa shape index (κ1) is 24.7. The fourth-order valence-corrected chi connectivity index (χ4v) is 6.46. The minimum Gasteiger partial charge on any atom is -0.491 e. The van der Waals surface area contributed by atoms with Gasteiger partial charge in [0.15, 0.2) is 5.78 Å². The Kier molecular flexibility index (Phi) is 6.42. The highest BCUT2D eigenvalue weighted by atomic mass is 32.1. The van der Waals surface area contributed by atoms with E-state index >= 15 is 0 Å². The first-order chi connectivity index (χ1) is 19.6. The lowest BCUT2D eigenvalue weighted by molar-refractivity contribution is 0.102. The number of H-pyrrole nitrogens is 2. The third-order valence-corrected chi connectivity index (χ3v) is 8.84. The second-order valence-electron chi connectivity index (χ2n) is 10.3. The van der Waals surface area contributed by atoms with Gasteiger partial charge in [0, 0.05) is 45.0 Å². The number of fused-ring (bicyclic) bond motifs is 2. The number of hydrogen-bond donors (Lipinski definition) is 2. The molecule has 1 fully saturated rings. The third-order valence-electron chi connectivity index (χ3n) is 7.62. The molecule has 0 radical (unpaired) electrons. The van der Waals surface area contributed by atoms with Gasteiger partial charge >= 0.3 is 0 Å². The quantitative estimate of drug-likeness (QED) is 0.197. The van der Waals surface area contributed by atoms with Crippen LogP contribution in [0.4, 0.5) is 0 Å². The average molecular weight is 548 g/mol. The molecule has 7 nitrogen and oxygen atoms in total. The number of thiophene rings is 1. The van der Waals surface area contributed by atoms with E-state index in [1.807, 2.05) is 24.4 Å². The van der Waals surface area contributed by atoms with Crippen molar-refractivity contribution in [1.82, 2.24) is 25.1 Å². The number of carbonyl (C=O) groups excluding carboxylic acids is 1. The van der Waals surface area contributed by atoms with E-state index in [1.165, 1.54) is 37.3 Å². The summed E-state index contributed by atoms with van der Waals surface area (Å²) < 4.78 is 6.05. The SMILES string of the molecule is CC(=O)c1ccc(-c2cccc3[nH]c(-c4n[nH]c5ccc(-c6cncc(OCCN7CCCC7)c6)cc45)cc23)s1. The molecule has 1 aliphatic heterocycles. The summed E-state index contributed by atoms with van der Waals surface area (Å²) >= 11 is 1.53. The van der Waals surface area contributed by atoms with Crippen LogP contribution in [0, 0.1) is 0 Å². The Labute approximate surface area is 235 Å². The standard InChI is InChI=1S/C32H29N5O2S/c1-20(38)30-9-10-31(40-30)24-5-4-6-27-25(24)17-29(34-27)32-26-16-21(7-8-28(26)35-36-32)22-15-23(19-33-18-22)39-14-13-37-11-2-3-12-37/h4-10,15-19,34H,2-3,11-14H2,1H3,(H,35,36). The van der Waals surface area contributed by atoms with E-state index < -0.39 is 0 Å². The summed E-state index contributed by atoms with van der Waals surface area (Å²) in [6.45, 7) is 5.56. The number of benzene rings is 2. The van der Waals surface area contributed by atoms with Gasteiger partial charge in [0.2, 0.25) is 0 Å². The molecule has 0 unspecified atom stereocenters. The molecule has 0 spiro atoms. The van der Waals surface area contributed by atoms with Crippen LogP contribution in [0.5, 0.6) is 5.75 Å². The zero-order valence-corrected chi connectivity index (χ0v) is 23.1. The molecule has 0 aliphatic carbocycles. The van der Waals surface area contributed by atoms with Crippen LogP contribution in [0.1, 0.15) is 29.4 Å². The second-order valence-corrected chi connectivity index (χ2v) is 11.4. The minimum absolute atomic E-state index is 0.0892. The van der Waals surface area contributed by atoms with Crippen LogP contribution in [0.3, 0.4) is 0 Å². The molecule has 0 amide bonds. The minimum atomic E-state index is 0.0892. The number of hydrogen-bond acceptors (Lipinski definition) is 6. The Morgan fingerprint density at radius 3 is 2.73 bits per heavy atom. The van der Waals surface area contributed by atoms with Crippen molar-refractivity contribution in [1.29, 1.82) is 0 Å². The number of nitrogens with zero attached hydrogens (tertiary/aromatic N) is 3. The predicted octanol–water partition coefficient (Wildman–Crippen LogP) is 7.18. The molecule has 1 aliphatic rings. The maximum atomic E-state index is 11.9. The van der Waals surface area contributed by atoms with Gasteiger partial charge in [0.05, 0.1) is 22.3 Å². The molecule has 2 aromatic carbocycles. The maximum Gasteiger partial charge on any atom is 0.169 e. The molecule has 7 rings (SSSR count). The monoisotopic (exact) mass is 547 g/mol. The van der Waals surface area contributed by atoms with Crippen molar-refractivity contribution in [3.63, 3.8) is 0 Å². The summed E-state index contributed by atoms with van der Waals surface area (Å²) in [4.78, 5) is 24.2. The Morgan fingerprint density at radius 2 is 1.88 bits per heavy atom. The van der Waals surface area contributed by atoms with Gasteiger partial charge in [-0.05, 0) is 80.9 Å². The number of aromatic nitrogens is 4. The molecule has 6 aromatic rings. The van der Waals surface area contributed by atoms with Crippen LogP contribution in [0.15, 0.2) is 73.1 Å². The van der Waals surface area contributed by atoms with Crippen LogP contribution < -0.4 is 4.74 Å². The van der Waals surface area contributed by atoms with E-state index in [0.717, 1.165) is 71.9 Å². The van der Waals surface area contributed by atoms with Gasteiger partial charge in [-0.1, -0.05) is 18.2 Å². The van der Waals surface area contributed by atoms with Crippen molar-refractivity contribution in [3.8, 4) is 38.7 Å². The molecule has 40 heavy (non-hydrogen) atoms. The topological polar surface area (TPSA) is 86.9 Å². The van der Waals surface area contributed by atoms with E-state index in [9.17, 15) is 4.79 Å². The van der Waals surface area contributed by atoms with E-state index in [0.29, 0.717) is 6.61 Å². The molecule has 0 saturated carbocycles. The summed E-state index contributed by atoms with van der Waals surface area (Å²) in [6, 6.07) is 20.7. The third kappa shape index (κ3) is 4.69. The molecular weight excluding hydrogens is 518 g/mol. The van der Waals surface area contributed by atoms with E-state index in [4.69, 9.17) is 4.74 Å². The van der Waals surface area contributed by atoms with Crippen molar-refractivity contribution < 1.29 is 9.53 Å². The van der Waals surface area contributed by atoms with E-state index in [1.54, 1.807) is 13.1 Å². The van der Waals surface area contributed by atoms with Gasteiger partial charge in [-0.25, -0.2) is 0 Å². The lowest BCUT2D eigenvalue weighted by Gasteiger charge is -2.15. The fraction of sp³-hybridized carbons (Fsp3) is 0.219. The van der Waals surface area contributed by atoms with Crippen LogP contribution in [0.25, 0.3) is 54.8 Å². The first-order valence-electron chi connectivity index (χ1n) is 13.6. The molecule has 4 aromatic heterocycles. The van der Waals surface area contributed by atoms with Crippen molar-refractivity contribution in [2.75, 3.05) is 26.2 Å². The largest absolute Gasteiger partial charge is 0.491 e. The summed E-state index contributed by atoms with van der Waals surface area (Å²) in [7, 11) is 0. The van der Waals surface area contributed by atoms with Crippen molar-refractivity contribution in [2.24, 2.45) is 0 Å². The number of aromatic amines is 2. The smallest absolute Gasteiger partial charge is 0.169 e. The van der Waals surface area contributed by atoms with Crippen molar-refractivity contribution in [3.05, 3.63) is 77.9 Å². The Balaban J connectivity index is 1.20. The van der Waals surface area contributed by atoms with Gasteiger partial charge in [-0.3, -0.25) is 19.8 Å². The Bertz CT molecular complexity index is 1840. The van der Waals surface area contributed by atoms with Crippen LogP contribution in [-0.4, -0.2) is 57.1 Å². The molecule has 200 valence electrons. The number of rotatable bonds is 8. The number of nitrogens with one attached hydrogen (secondary N) is 2. The second kappa shape index (κ2) is 10.4. The summed E-state index contributed by atoms with van der Waals surface area (Å²) in [5.41, 5.74) is 6.96. The highest BCUT2D eigenvalue weighted by Crippen LogP contribution is 2.37. The number of Topliss-reactive ketones (excluding diaryl/α,β-unsaturated/α-hetero) is 1. The average Bonchev–Trinajstić information content (AvgIpc) is 3.78. The number of pyridine rings is 1. The predicted molar refractivity (Wildman–Crippen MR) is 161 cm³/mol. The summed E-state index contributed by atoms with van der Waals surface area (Å²) in [5, 5.41) is 10.00. The molecule has 5 heterocycles.